The van der Waals surface area contributed by atoms with Crippen molar-refractivity contribution in [3.05, 3.63) is 12.2 Å². The van der Waals surface area contributed by atoms with E-state index < -0.39 is 10.1 Å². The molecule has 0 spiro atoms. The van der Waals surface area contributed by atoms with Crippen LogP contribution in [-0.2, 0) is 14.3 Å². The van der Waals surface area contributed by atoms with Gasteiger partial charge >= 0.3 is 0 Å². The maximum atomic E-state index is 10.7. The summed E-state index contributed by atoms with van der Waals surface area (Å²) in [4.78, 5) is 0. The Morgan fingerprint density at radius 1 is 0.800 bits per heavy atom. The van der Waals surface area contributed by atoms with Crippen LogP contribution < -0.4 is 0 Å². The van der Waals surface area contributed by atoms with Crippen LogP contribution in [0.4, 0.5) is 0 Å². The summed E-state index contributed by atoms with van der Waals surface area (Å²) in [7, 11) is -3.26. The second kappa shape index (κ2) is 13.6. The first-order valence-electron chi connectivity index (χ1n) is 8.05. The van der Waals surface area contributed by atoms with Gasteiger partial charge in [0.15, 0.2) is 0 Å². The maximum absolute atomic E-state index is 10.7. The van der Waals surface area contributed by atoms with E-state index in [4.69, 9.17) is 0 Å². The number of hydrogen-bond acceptors (Lipinski definition) is 3. The molecule has 0 heterocycles. The molecule has 0 amide bonds. The minimum Gasteiger partial charge on any atom is -0.270 e. The number of hydrogen-bond donors (Lipinski definition) is 0. The Labute approximate surface area is 125 Å². The van der Waals surface area contributed by atoms with Crippen LogP contribution in [0.2, 0.25) is 0 Å². The molecule has 0 bridgehead atoms. The average molecular weight is 304 g/mol. The molecule has 0 aromatic carbocycles. The maximum Gasteiger partial charge on any atom is 0.264 e. The van der Waals surface area contributed by atoms with Crippen LogP contribution in [0.15, 0.2) is 12.2 Å². The summed E-state index contributed by atoms with van der Waals surface area (Å²) >= 11 is 0. The molecule has 0 atom stereocenters. The van der Waals surface area contributed by atoms with Crippen LogP contribution >= 0.6 is 0 Å². The highest BCUT2D eigenvalue weighted by atomic mass is 32.2. The predicted octanol–water partition coefficient (Wildman–Crippen LogP) is 4.83. The van der Waals surface area contributed by atoms with Crippen molar-refractivity contribution in [1.29, 1.82) is 0 Å². The summed E-state index contributed by atoms with van der Waals surface area (Å²) in [5.41, 5.74) is 0. The molecule has 0 radical (unpaired) electrons. The molecule has 0 fully saturated rings. The average Bonchev–Trinajstić information content (AvgIpc) is 2.38. The molecule has 0 aromatic heterocycles. The van der Waals surface area contributed by atoms with Gasteiger partial charge in [-0.3, -0.25) is 4.18 Å². The number of rotatable bonds is 14. The summed E-state index contributed by atoms with van der Waals surface area (Å²) < 4.78 is 26.1. The third-order valence-corrected chi connectivity index (χ3v) is 3.80. The molecule has 0 saturated carbocycles. The largest absolute Gasteiger partial charge is 0.270 e. The van der Waals surface area contributed by atoms with Gasteiger partial charge in [-0.15, -0.1) is 0 Å². The van der Waals surface area contributed by atoms with Crippen molar-refractivity contribution in [2.75, 3.05) is 12.9 Å². The van der Waals surface area contributed by atoms with Gasteiger partial charge in [-0.1, -0.05) is 64.0 Å². The summed E-state index contributed by atoms with van der Waals surface area (Å²) in [6.07, 6.45) is 19.1. The van der Waals surface area contributed by atoms with Gasteiger partial charge in [-0.25, -0.2) is 0 Å². The zero-order valence-corrected chi connectivity index (χ0v) is 14.1. The lowest BCUT2D eigenvalue weighted by atomic mass is 10.1. The fraction of sp³-hybridized carbons (Fsp3) is 0.875. The summed E-state index contributed by atoms with van der Waals surface area (Å²) in [6.45, 7) is 2.54. The Morgan fingerprint density at radius 3 is 1.85 bits per heavy atom. The van der Waals surface area contributed by atoms with Gasteiger partial charge in [-0.2, -0.15) is 8.42 Å². The Morgan fingerprint density at radius 2 is 1.30 bits per heavy atom. The molecule has 0 unspecified atom stereocenters. The van der Waals surface area contributed by atoms with Gasteiger partial charge in [0.25, 0.3) is 10.1 Å². The Kier molecular flexibility index (Phi) is 13.4. The highest BCUT2D eigenvalue weighted by Gasteiger charge is 1.98. The van der Waals surface area contributed by atoms with Gasteiger partial charge in [0, 0.05) is 0 Å². The summed E-state index contributed by atoms with van der Waals surface area (Å²) in [5, 5.41) is 0. The minimum absolute atomic E-state index is 0.293. The van der Waals surface area contributed by atoms with E-state index >= 15 is 0 Å². The van der Waals surface area contributed by atoms with E-state index in [0.29, 0.717) is 6.61 Å². The standard InChI is InChI=1S/C16H32O3S/c1-3-4-5-6-7-8-9-10-11-12-13-14-15-16-19-20(2,17)18/h12-13H,3-11,14-16H2,1-2H3/b13-12+. The highest BCUT2D eigenvalue weighted by Crippen LogP contribution is 2.09. The van der Waals surface area contributed by atoms with E-state index in [1.165, 1.54) is 51.4 Å². The first kappa shape index (κ1) is 19.7. The molecule has 0 saturated heterocycles. The second-order valence-electron chi connectivity index (χ2n) is 5.40. The van der Waals surface area contributed by atoms with Crippen LogP contribution in [0.3, 0.4) is 0 Å². The highest BCUT2D eigenvalue weighted by molar-refractivity contribution is 7.85. The zero-order valence-electron chi connectivity index (χ0n) is 13.3. The van der Waals surface area contributed by atoms with Crippen molar-refractivity contribution >= 4 is 10.1 Å². The van der Waals surface area contributed by atoms with Crippen LogP contribution in [-0.4, -0.2) is 21.3 Å². The van der Waals surface area contributed by atoms with Crippen molar-refractivity contribution < 1.29 is 12.6 Å². The summed E-state index contributed by atoms with van der Waals surface area (Å²) in [5.74, 6) is 0. The van der Waals surface area contributed by atoms with Gasteiger partial charge < -0.3 is 0 Å². The van der Waals surface area contributed by atoms with Crippen molar-refractivity contribution in [3.63, 3.8) is 0 Å². The molecular formula is C16H32O3S. The monoisotopic (exact) mass is 304 g/mol. The first-order valence-corrected chi connectivity index (χ1v) is 9.87. The van der Waals surface area contributed by atoms with Crippen molar-refractivity contribution in [2.45, 2.75) is 77.6 Å². The van der Waals surface area contributed by atoms with Crippen LogP contribution in [0.1, 0.15) is 77.6 Å². The van der Waals surface area contributed by atoms with E-state index in [1.807, 2.05) is 0 Å². The van der Waals surface area contributed by atoms with E-state index in [0.717, 1.165) is 25.5 Å². The van der Waals surface area contributed by atoms with Crippen molar-refractivity contribution in [3.8, 4) is 0 Å². The van der Waals surface area contributed by atoms with Crippen LogP contribution in [0, 0.1) is 0 Å². The van der Waals surface area contributed by atoms with E-state index in [9.17, 15) is 8.42 Å². The molecule has 0 aliphatic rings. The molecule has 0 aliphatic carbocycles. The fourth-order valence-corrected chi connectivity index (χ4v) is 2.46. The number of allylic oxidation sites excluding steroid dienone is 2. The molecule has 0 aromatic rings. The quantitative estimate of drug-likeness (QED) is 0.262. The SMILES string of the molecule is CCCCCCCCCC/C=C/CCCOS(C)(=O)=O. The summed E-state index contributed by atoms with van der Waals surface area (Å²) in [6, 6.07) is 0. The molecule has 0 N–H and O–H groups in total. The Bertz CT molecular complexity index is 321. The Hall–Kier alpha value is -0.350. The lowest BCUT2D eigenvalue weighted by Crippen LogP contribution is -2.03. The molecule has 20 heavy (non-hydrogen) atoms. The smallest absolute Gasteiger partial charge is 0.264 e. The van der Waals surface area contributed by atoms with Crippen molar-refractivity contribution in [2.24, 2.45) is 0 Å². The van der Waals surface area contributed by atoms with Gasteiger partial charge in [0.1, 0.15) is 0 Å². The zero-order chi connectivity index (χ0) is 15.1. The topological polar surface area (TPSA) is 43.4 Å². The van der Waals surface area contributed by atoms with Crippen LogP contribution in [0.5, 0.6) is 0 Å². The van der Waals surface area contributed by atoms with Crippen molar-refractivity contribution in [1.82, 2.24) is 0 Å². The Balaban J connectivity index is 3.16. The van der Waals surface area contributed by atoms with E-state index in [2.05, 4.69) is 23.3 Å². The van der Waals surface area contributed by atoms with Gasteiger partial charge in [0.05, 0.1) is 12.9 Å². The lowest BCUT2D eigenvalue weighted by molar-refractivity contribution is 0.317. The molecule has 0 aliphatic heterocycles. The fourth-order valence-electron chi connectivity index (χ4n) is 2.04. The minimum atomic E-state index is -3.26. The third kappa shape index (κ3) is 17.6. The third-order valence-electron chi connectivity index (χ3n) is 3.20. The second-order valence-corrected chi connectivity index (χ2v) is 7.05. The van der Waals surface area contributed by atoms with Gasteiger partial charge in [0.2, 0.25) is 0 Å². The predicted molar refractivity (Wildman–Crippen MR) is 86.4 cm³/mol. The molecular weight excluding hydrogens is 272 g/mol. The molecule has 120 valence electrons. The molecule has 4 heteroatoms. The molecule has 3 nitrogen and oxygen atoms in total. The lowest BCUT2D eigenvalue weighted by Gasteiger charge is -2.00. The van der Waals surface area contributed by atoms with E-state index in [1.54, 1.807) is 0 Å². The first-order chi connectivity index (χ1) is 9.56. The normalized spacial score (nSPS) is 12.3. The molecule has 0 rings (SSSR count). The van der Waals surface area contributed by atoms with Crippen LogP contribution in [0.25, 0.3) is 0 Å². The van der Waals surface area contributed by atoms with Gasteiger partial charge in [-0.05, 0) is 25.7 Å². The number of unbranched alkanes of at least 4 members (excludes halogenated alkanes) is 9. The van der Waals surface area contributed by atoms with E-state index in [-0.39, 0.29) is 0 Å².